The molecule has 0 atom stereocenters. The lowest BCUT2D eigenvalue weighted by atomic mass is 9.96. The number of benzene rings is 1. The zero-order chi connectivity index (χ0) is 22.9. The Hall–Kier alpha value is -2.64. The van der Waals surface area contributed by atoms with Crippen molar-refractivity contribution in [2.24, 2.45) is 5.92 Å². The van der Waals surface area contributed by atoms with Gasteiger partial charge < -0.3 is 20.3 Å². The number of amides is 3. The molecule has 0 aliphatic carbocycles. The molecule has 31 heavy (non-hydrogen) atoms. The van der Waals surface area contributed by atoms with Gasteiger partial charge in [0.1, 0.15) is 11.4 Å². The van der Waals surface area contributed by atoms with E-state index in [-0.39, 0.29) is 30.6 Å². The van der Waals surface area contributed by atoms with Crippen molar-refractivity contribution in [3.8, 4) is 0 Å². The maximum absolute atomic E-state index is 13.2. The first-order valence-electron chi connectivity index (χ1n) is 10.9. The van der Waals surface area contributed by atoms with E-state index in [1.165, 1.54) is 12.1 Å². The normalized spacial score (nSPS) is 14.8. The van der Waals surface area contributed by atoms with E-state index >= 15 is 0 Å². The predicted molar refractivity (Wildman–Crippen MR) is 116 cm³/mol. The Bertz CT molecular complexity index is 755. The highest BCUT2D eigenvalue weighted by Gasteiger charge is 2.23. The molecule has 1 aromatic carbocycles. The van der Waals surface area contributed by atoms with Crippen molar-refractivity contribution in [2.75, 3.05) is 26.2 Å². The van der Waals surface area contributed by atoms with Crippen molar-refractivity contribution in [1.29, 1.82) is 0 Å². The number of nitrogens with one attached hydrogen (secondary N) is 2. The number of rotatable bonds is 8. The fourth-order valence-corrected chi connectivity index (χ4v) is 3.43. The minimum atomic E-state index is -0.567. The summed E-state index contributed by atoms with van der Waals surface area (Å²) in [5.74, 6) is 0.00749. The van der Waals surface area contributed by atoms with E-state index in [1.54, 1.807) is 26.8 Å². The molecular formula is C23H34FN3O4. The van der Waals surface area contributed by atoms with Crippen molar-refractivity contribution in [2.45, 2.75) is 58.5 Å². The average Bonchev–Trinajstić information content (AvgIpc) is 2.69. The molecule has 0 radical (unpaired) electrons. The van der Waals surface area contributed by atoms with E-state index in [1.807, 2.05) is 11.0 Å². The minimum Gasteiger partial charge on any atom is -0.444 e. The molecule has 2 N–H and O–H groups in total. The van der Waals surface area contributed by atoms with Crippen LogP contribution in [0.25, 0.3) is 0 Å². The summed E-state index contributed by atoms with van der Waals surface area (Å²) >= 11 is 0. The quantitative estimate of drug-likeness (QED) is 0.657. The Morgan fingerprint density at radius 1 is 1.13 bits per heavy atom. The highest BCUT2D eigenvalue weighted by Crippen LogP contribution is 2.18. The Balaban J connectivity index is 1.58. The highest BCUT2D eigenvalue weighted by molar-refractivity contribution is 5.77. The molecule has 7 nitrogen and oxygen atoms in total. The van der Waals surface area contributed by atoms with Gasteiger partial charge in [-0.1, -0.05) is 12.1 Å². The van der Waals surface area contributed by atoms with Crippen LogP contribution in [0.4, 0.5) is 9.18 Å². The molecular weight excluding hydrogens is 401 g/mol. The van der Waals surface area contributed by atoms with Crippen LogP contribution in [0.15, 0.2) is 24.3 Å². The zero-order valence-corrected chi connectivity index (χ0v) is 18.7. The van der Waals surface area contributed by atoms with Crippen molar-refractivity contribution in [3.05, 3.63) is 35.6 Å². The Kier molecular flexibility index (Phi) is 9.27. The number of hydrogen-bond donors (Lipinski definition) is 2. The molecule has 1 saturated heterocycles. The fraction of sp³-hybridized carbons (Fsp3) is 0.609. The first-order valence-corrected chi connectivity index (χ1v) is 10.9. The third-order valence-electron chi connectivity index (χ3n) is 5.09. The predicted octanol–water partition coefficient (Wildman–Crippen LogP) is 3.03. The minimum absolute atomic E-state index is 0.0833. The largest absolute Gasteiger partial charge is 0.444 e. The fourth-order valence-electron chi connectivity index (χ4n) is 3.43. The van der Waals surface area contributed by atoms with Gasteiger partial charge in [-0.05, 0) is 63.6 Å². The van der Waals surface area contributed by atoms with Gasteiger partial charge in [0.15, 0.2) is 0 Å². The Morgan fingerprint density at radius 3 is 2.48 bits per heavy atom. The molecule has 8 heteroatoms. The molecule has 1 aliphatic heterocycles. The van der Waals surface area contributed by atoms with Crippen LogP contribution in [-0.2, 0) is 20.7 Å². The number of piperidine rings is 1. The first kappa shape index (κ1) is 24.6. The van der Waals surface area contributed by atoms with Crippen LogP contribution in [0.3, 0.4) is 0 Å². The molecule has 172 valence electrons. The van der Waals surface area contributed by atoms with Crippen LogP contribution >= 0.6 is 0 Å². The molecule has 0 spiro atoms. The summed E-state index contributed by atoms with van der Waals surface area (Å²) in [6, 6.07) is 6.34. The molecule has 0 aromatic heterocycles. The molecule has 1 aromatic rings. The Morgan fingerprint density at radius 2 is 1.84 bits per heavy atom. The van der Waals surface area contributed by atoms with Gasteiger partial charge in [-0.15, -0.1) is 0 Å². The highest BCUT2D eigenvalue weighted by atomic mass is 19.1. The summed E-state index contributed by atoms with van der Waals surface area (Å²) in [4.78, 5) is 37.8. The molecule has 0 bridgehead atoms. The van der Waals surface area contributed by atoms with Gasteiger partial charge in [0, 0.05) is 39.0 Å². The summed E-state index contributed by atoms with van der Waals surface area (Å²) in [5, 5.41) is 5.47. The number of aryl methyl sites for hydroxylation is 1. The van der Waals surface area contributed by atoms with E-state index in [2.05, 4.69) is 10.6 Å². The monoisotopic (exact) mass is 435 g/mol. The lowest BCUT2D eigenvalue weighted by Crippen LogP contribution is -2.42. The molecule has 0 unspecified atom stereocenters. The topological polar surface area (TPSA) is 87.7 Å². The van der Waals surface area contributed by atoms with Crippen molar-refractivity contribution in [3.63, 3.8) is 0 Å². The van der Waals surface area contributed by atoms with Crippen LogP contribution in [-0.4, -0.2) is 54.6 Å². The third kappa shape index (κ3) is 9.81. The van der Waals surface area contributed by atoms with Crippen molar-refractivity contribution >= 4 is 17.9 Å². The number of likely N-dealkylation sites (tertiary alicyclic amines) is 1. The number of alkyl carbamates (subject to hydrolysis) is 1. The van der Waals surface area contributed by atoms with Crippen LogP contribution in [0.2, 0.25) is 0 Å². The van der Waals surface area contributed by atoms with Crippen molar-refractivity contribution < 1.29 is 23.5 Å². The van der Waals surface area contributed by atoms with E-state index in [0.717, 1.165) is 18.4 Å². The summed E-state index contributed by atoms with van der Waals surface area (Å²) in [7, 11) is 0. The molecule has 0 saturated carbocycles. The molecule has 1 heterocycles. The number of nitrogens with zero attached hydrogens (tertiary/aromatic N) is 1. The maximum atomic E-state index is 13.2. The number of carbonyl (C=O) groups excluding carboxylic acids is 3. The van der Waals surface area contributed by atoms with Crippen LogP contribution in [0.1, 0.15) is 52.0 Å². The second-order valence-electron chi connectivity index (χ2n) is 8.94. The number of halogens is 1. The van der Waals surface area contributed by atoms with Crippen LogP contribution in [0, 0.1) is 11.7 Å². The van der Waals surface area contributed by atoms with Crippen LogP contribution < -0.4 is 10.6 Å². The molecule has 1 fully saturated rings. The van der Waals surface area contributed by atoms with Gasteiger partial charge in [-0.3, -0.25) is 9.59 Å². The second-order valence-corrected chi connectivity index (χ2v) is 8.94. The number of carbonyl (C=O) groups is 3. The smallest absolute Gasteiger partial charge is 0.407 e. The molecule has 3 amide bonds. The maximum Gasteiger partial charge on any atom is 0.407 e. The molecule has 1 aliphatic rings. The van der Waals surface area contributed by atoms with E-state index in [0.29, 0.717) is 38.4 Å². The lowest BCUT2D eigenvalue weighted by molar-refractivity contribution is -0.132. The van der Waals surface area contributed by atoms with Gasteiger partial charge in [0.25, 0.3) is 0 Å². The van der Waals surface area contributed by atoms with Gasteiger partial charge >= 0.3 is 6.09 Å². The summed E-state index contributed by atoms with van der Waals surface area (Å²) in [6.07, 6.45) is 2.23. The lowest BCUT2D eigenvalue weighted by Gasteiger charge is -2.32. The standard InChI is InChI=1S/C23H34FN3O4/c1-23(2,3)31-22(30)25-12-9-20(28)26-16-18-10-13-27(14-11-18)21(29)8-7-17-5-4-6-19(24)15-17/h4-6,15,18H,7-14,16H2,1-3H3,(H,25,30)(H,26,28). The summed E-state index contributed by atoms with van der Waals surface area (Å²) < 4.78 is 18.4. The van der Waals surface area contributed by atoms with E-state index < -0.39 is 11.7 Å². The van der Waals surface area contributed by atoms with Gasteiger partial charge in [-0.2, -0.15) is 0 Å². The third-order valence-corrected chi connectivity index (χ3v) is 5.09. The Labute approximate surface area is 183 Å². The van der Waals surface area contributed by atoms with Gasteiger partial charge in [0.2, 0.25) is 11.8 Å². The second kappa shape index (κ2) is 11.7. The summed E-state index contributed by atoms with van der Waals surface area (Å²) in [6.45, 7) is 7.47. The van der Waals surface area contributed by atoms with E-state index in [4.69, 9.17) is 4.74 Å². The zero-order valence-electron chi connectivity index (χ0n) is 18.7. The van der Waals surface area contributed by atoms with Crippen LogP contribution in [0.5, 0.6) is 0 Å². The molecule has 2 rings (SSSR count). The first-order chi connectivity index (χ1) is 14.6. The number of ether oxygens (including phenoxy) is 1. The van der Waals surface area contributed by atoms with Crippen molar-refractivity contribution in [1.82, 2.24) is 15.5 Å². The summed E-state index contributed by atoms with van der Waals surface area (Å²) in [5.41, 5.74) is 0.259. The number of hydrogen-bond acceptors (Lipinski definition) is 4. The SMILES string of the molecule is CC(C)(C)OC(=O)NCCC(=O)NCC1CCN(C(=O)CCc2cccc(F)c2)CC1. The van der Waals surface area contributed by atoms with Gasteiger partial charge in [0.05, 0.1) is 0 Å². The average molecular weight is 436 g/mol. The van der Waals surface area contributed by atoms with Gasteiger partial charge in [-0.25, -0.2) is 9.18 Å². The van der Waals surface area contributed by atoms with E-state index in [9.17, 15) is 18.8 Å².